The second-order valence-electron chi connectivity index (χ2n) is 13.4. The molecule has 2 N–H and O–H groups in total. The molecular weight excluding hydrogens is 548 g/mol. The van der Waals surface area contributed by atoms with Crippen molar-refractivity contribution in [2.24, 2.45) is 5.92 Å². The van der Waals surface area contributed by atoms with E-state index in [1.54, 1.807) is 0 Å². The number of ether oxygens (including phenoxy) is 1. The van der Waals surface area contributed by atoms with Gasteiger partial charge in [-0.25, -0.2) is 9.78 Å². The number of likely N-dealkylation sites (tertiary alicyclic amines) is 1. The number of amides is 2. The first-order valence-electron chi connectivity index (χ1n) is 16.1. The van der Waals surface area contributed by atoms with E-state index in [4.69, 9.17) is 9.72 Å². The summed E-state index contributed by atoms with van der Waals surface area (Å²) in [4.78, 5) is 27.9. The fourth-order valence-corrected chi connectivity index (χ4v) is 6.09. The SMILES string of the molecule is CC1CCN(C(=O)Nc2ccc(OCCN3CCN(c4cccc5[nH]c(-c6ccc(C(C)(C)C)cc6)nc45)CC3)cc2)CC1. The molecule has 6 rings (SSSR count). The zero-order valence-corrected chi connectivity index (χ0v) is 26.6. The van der Waals surface area contributed by atoms with E-state index in [2.05, 4.69) is 90.3 Å². The van der Waals surface area contributed by atoms with Crippen LogP contribution in [0.3, 0.4) is 0 Å². The van der Waals surface area contributed by atoms with Crippen molar-refractivity contribution in [3.05, 3.63) is 72.3 Å². The molecule has 2 aliphatic rings. The molecule has 2 aliphatic heterocycles. The number of H-pyrrole nitrogens is 1. The Morgan fingerprint density at radius 1 is 0.932 bits per heavy atom. The van der Waals surface area contributed by atoms with Crippen LogP contribution in [0.25, 0.3) is 22.4 Å². The van der Waals surface area contributed by atoms with Crippen molar-refractivity contribution in [3.8, 4) is 17.1 Å². The Bertz CT molecular complexity index is 1540. The van der Waals surface area contributed by atoms with E-state index in [1.165, 1.54) is 11.3 Å². The van der Waals surface area contributed by atoms with Crippen molar-refractivity contribution in [1.82, 2.24) is 19.8 Å². The maximum atomic E-state index is 12.6. The lowest BCUT2D eigenvalue weighted by molar-refractivity contribution is 0.186. The lowest BCUT2D eigenvalue weighted by Crippen LogP contribution is -2.47. The number of nitrogens with zero attached hydrogens (tertiary/aromatic N) is 4. The Labute approximate surface area is 261 Å². The lowest BCUT2D eigenvalue weighted by Gasteiger charge is -2.36. The van der Waals surface area contributed by atoms with Crippen LogP contribution in [0.2, 0.25) is 0 Å². The predicted molar refractivity (Wildman–Crippen MR) is 180 cm³/mol. The molecule has 0 atom stereocenters. The van der Waals surface area contributed by atoms with E-state index in [0.717, 1.165) is 92.5 Å². The highest BCUT2D eigenvalue weighted by Gasteiger charge is 2.22. The minimum atomic E-state index is -0.0143. The molecule has 8 heteroatoms. The molecule has 0 aliphatic carbocycles. The summed E-state index contributed by atoms with van der Waals surface area (Å²) in [5.74, 6) is 2.44. The van der Waals surface area contributed by atoms with Gasteiger partial charge in [0.25, 0.3) is 0 Å². The van der Waals surface area contributed by atoms with Crippen LogP contribution in [-0.2, 0) is 5.41 Å². The van der Waals surface area contributed by atoms with Crippen LogP contribution in [-0.4, -0.2) is 78.2 Å². The number of aromatic amines is 1. The molecule has 8 nitrogen and oxygen atoms in total. The Morgan fingerprint density at radius 3 is 2.32 bits per heavy atom. The van der Waals surface area contributed by atoms with Crippen molar-refractivity contribution < 1.29 is 9.53 Å². The number of benzene rings is 3. The topological polar surface area (TPSA) is 76.7 Å². The maximum absolute atomic E-state index is 12.6. The highest BCUT2D eigenvalue weighted by atomic mass is 16.5. The van der Waals surface area contributed by atoms with E-state index in [9.17, 15) is 4.79 Å². The van der Waals surface area contributed by atoms with Gasteiger partial charge in [-0.3, -0.25) is 4.90 Å². The second kappa shape index (κ2) is 12.9. The smallest absolute Gasteiger partial charge is 0.321 e. The highest BCUT2D eigenvalue weighted by Crippen LogP contribution is 2.30. The Balaban J connectivity index is 0.979. The van der Waals surface area contributed by atoms with Gasteiger partial charge in [-0.2, -0.15) is 0 Å². The van der Waals surface area contributed by atoms with Gasteiger partial charge >= 0.3 is 6.03 Å². The number of piperidine rings is 1. The van der Waals surface area contributed by atoms with Crippen molar-refractivity contribution in [1.29, 1.82) is 0 Å². The zero-order valence-electron chi connectivity index (χ0n) is 26.6. The molecule has 4 aromatic rings. The molecule has 0 saturated carbocycles. The van der Waals surface area contributed by atoms with Gasteiger partial charge in [-0.1, -0.05) is 58.0 Å². The van der Waals surface area contributed by atoms with Gasteiger partial charge in [0.15, 0.2) is 0 Å². The summed E-state index contributed by atoms with van der Waals surface area (Å²) >= 11 is 0. The number of nitrogens with one attached hydrogen (secondary N) is 2. The summed E-state index contributed by atoms with van der Waals surface area (Å²) in [6.45, 7) is 16.0. The average Bonchev–Trinajstić information content (AvgIpc) is 3.47. The molecule has 1 aromatic heterocycles. The molecular formula is C36H46N6O2. The second-order valence-corrected chi connectivity index (χ2v) is 13.4. The summed E-state index contributed by atoms with van der Waals surface area (Å²) < 4.78 is 6.04. The third-order valence-electron chi connectivity index (χ3n) is 9.08. The first-order chi connectivity index (χ1) is 21.2. The van der Waals surface area contributed by atoms with Crippen LogP contribution in [0.1, 0.15) is 46.1 Å². The number of urea groups is 1. The van der Waals surface area contributed by atoms with Crippen molar-refractivity contribution in [2.75, 3.05) is 62.6 Å². The molecule has 2 saturated heterocycles. The average molecular weight is 595 g/mol. The van der Waals surface area contributed by atoms with Crippen LogP contribution < -0.4 is 15.0 Å². The standard InChI is InChI=1S/C36H46N6O2/c1-26-16-18-42(19-17-26)35(43)37-29-12-14-30(15-13-29)44-25-24-40-20-22-41(23-21-40)32-7-5-6-31-33(32)39-34(38-31)27-8-10-28(11-9-27)36(2,3)4/h5-15,26H,16-25H2,1-4H3,(H,37,43)(H,38,39). The van der Waals surface area contributed by atoms with Gasteiger partial charge in [0, 0.05) is 57.1 Å². The number of hydrogen-bond donors (Lipinski definition) is 2. The number of carbonyl (C=O) groups excluding carboxylic acids is 1. The quantitative estimate of drug-likeness (QED) is 0.241. The molecule has 2 fully saturated rings. The van der Waals surface area contributed by atoms with Crippen LogP contribution >= 0.6 is 0 Å². The van der Waals surface area contributed by atoms with Crippen molar-refractivity contribution in [2.45, 2.75) is 46.0 Å². The van der Waals surface area contributed by atoms with E-state index < -0.39 is 0 Å². The first kappa shape index (κ1) is 30.0. The van der Waals surface area contributed by atoms with Crippen molar-refractivity contribution in [3.63, 3.8) is 0 Å². The number of fused-ring (bicyclic) bond motifs is 1. The summed E-state index contributed by atoms with van der Waals surface area (Å²) in [7, 11) is 0. The summed E-state index contributed by atoms with van der Waals surface area (Å²) in [6.07, 6.45) is 2.15. The normalized spacial score (nSPS) is 16.8. The van der Waals surface area contributed by atoms with Gasteiger partial charge in [0.2, 0.25) is 0 Å². The highest BCUT2D eigenvalue weighted by molar-refractivity contribution is 5.91. The van der Waals surface area contributed by atoms with Gasteiger partial charge in [0.1, 0.15) is 23.7 Å². The van der Waals surface area contributed by atoms with Crippen LogP contribution in [0.4, 0.5) is 16.2 Å². The molecule has 44 heavy (non-hydrogen) atoms. The fraction of sp³-hybridized carbons (Fsp3) is 0.444. The van der Waals surface area contributed by atoms with Gasteiger partial charge in [-0.15, -0.1) is 0 Å². The maximum Gasteiger partial charge on any atom is 0.321 e. The zero-order chi connectivity index (χ0) is 30.7. The molecule has 3 aromatic carbocycles. The molecule has 232 valence electrons. The predicted octanol–water partition coefficient (Wildman–Crippen LogP) is 6.99. The van der Waals surface area contributed by atoms with E-state index in [0.29, 0.717) is 12.5 Å². The number of carbonyl (C=O) groups is 1. The van der Waals surface area contributed by atoms with E-state index >= 15 is 0 Å². The number of piperazine rings is 1. The van der Waals surface area contributed by atoms with Gasteiger partial charge < -0.3 is 24.8 Å². The Kier molecular flexibility index (Phi) is 8.80. The third kappa shape index (κ3) is 7.02. The van der Waals surface area contributed by atoms with Crippen LogP contribution in [0, 0.1) is 5.92 Å². The third-order valence-corrected chi connectivity index (χ3v) is 9.08. The van der Waals surface area contributed by atoms with Crippen LogP contribution in [0.5, 0.6) is 5.75 Å². The monoisotopic (exact) mass is 594 g/mol. The molecule has 0 bridgehead atoms. The summed E-state index contributed by atoms with van der Waals surface area (Å²) in [5, 5.41) is 3.02. The van der Waals surface area contributed by atoms with E-state index in [-0.39, 0.29) is 11.4 Å². The first-order valence-corrected chi connectivity index (χ1v) is 16.1. The lowest BCUT2D eigenvalue weighted by atomic mass is 9.87. The Morgan fingerprint density at radius 2 is 1.64 bits per heavy atom. The molecule has 2 amide bonds. The van der Waals surface area contributed by atoms with Crippen molar-refractivity contribution >= 4 is 28.4 Å². The minimum Gasteiger partial charge on any atom is -0.492 e. The number of aromatic nitrogens is 2. The van der Waals surface area contributed by atoms with E-state index in [1.807, 2.05) is 29.2 Å². The summed E-state index contributed by atoms with van der Waals surface area (Å²) in [6, 6.07) is 22.9. The van der Waals surface area contributed by atoms with Crippen LogP contribution in [0.15, 0.2) is 66.7 Å². The number of rotatable bonds is 7. The minimum absolute atomic E-state index is 0.0143. The largest absolute Gasteiger partial charge is 0.492 e. The van der Waals surface area contributed by atoms with Gasteiger partial charge in [-0.05, 0) is 66.1 Å². The molecule has 0 radical (unpaired) electrons. The fourth-order valence-electron chi connectivity index (χ4n) is 6.09. The summed E-state index contributed by atoms with van der Waals surface area (Å²) in [5.41, 5.74) is 6.65. The molecule has 3 heterocycles. The molecule has 0 spiro atoms. The number of imidazole rings is 1. The number of anilines is 2. The van der Waals surface area contributed by atoms with Gasteiger partial charge in [0.05, 0.1) is 11.2 Å². The number of para-hydroxylation sites is 1. The molecule has 0 unspecified atom stereocenters. The Hall–Kier alpha value is -4.04. The number of hydrogen-bond acceptors (Lipinski definition) is 5.